The third-order valence-corrected chi connectivity index (χ3v) is 16.6. The lowest BCUT2D eigenvalue weighted by molar-refractivity contribution is 0.403. The van der Waals surface area contributed by atoms with Gasteiger partial charge in [-0.05, 0) is 186 Å². The molecule has 11 rings (SSSR count). The normalized spacial score (nSPS) is 17.8. The second kappa shape index (κ2) is 15.0. The molecule has 0 bridgehead atoms. The van der Waals surface area contributed by atoms with E-state index in [0.717, 1.165) is 29.9 Å². The topological polar surface area (TPSA) is 9.72 Å². The van der Waals surface area contributed by atoms with E-state index in [2.05, 4.69) is 258 Å². The van der Waals surface area contributed by atoms with E-state index in [-0.39, 0.29) is 39.2 Å². The molecule has 4 aliphatic rings. The first-order chi connectivity index (χ1) is 32.4. The standard InChI is InChI=1S/C65H72BN3/c1-41-32-42(60(2,3)4)26-30-54(41)69-55-31-28-47(67(44-22-18-16-19-23-44)45-24-20-17-21-25-45)36-52(55)66-53-37-50-51(65(14,15)40-64(50,12)13)38-56(53)68(57-33-43(61(5,6)7)34-58(69)59(57)66)46-27-29-48-49(35-46)63(10,11)39-62(48,8)9/h16-38H,39-40H2,1-15H3. The highest BCUT2D eigenvalue weighted by Gasteiger charge is 2.49. The maximum Gasteiger partial charge on any atom is 0.252 e. The zero-order valence-electron chi connectivity index (χ0n) is 44.1. The van der Waals surface area contributed by atoms with Crippen molar-refractivity contribution in [3.63, 3.8) is 0 Å². The molecule has 0 atom stereocenters. The van der Waals surface area contributed by atoms with Crippen molar-refractivity contribution < 1.29 is 0 Å². The van der Waals surface area contributed by atoms with Gasteiger partial charge in [-0.15, -0.1) is 0 Å². The fourth-order valence-electron chi connectivity index (χ4n) is 13.6. The van der Waals surface area contributed by atoms with Crippen LogP contribution in [-0.2, 0) is 32.5 Å². The Bertz CT molecular complexity index is 3170. The molecule has 2 heterocycles. The predicted octanol–water partition coefficient (Wildman–Crippen LogP) is 16.1. The lowest BCUT2D eigenvalue weighted by Crippen LogP contribution is -2.61. The molecule has 0 fully saturated rings. The highest BCUT2D eigenvalue weighted by molar-refractivity contribution is 7.00. The van der Waals surface area contributed by atoms with E-state index in [9.17, 15) is 0 Å². The summed E-state index contributed by atoms with van der Waals surface area (Å²) in [5, 5.41) is 0. The molecule has 0 N–H and O–H groups in total. The molecule has 0 saturated carbocycles. The summed E-state index contributed by atoms with van der Waals surface area (Å²) in [6.45, 7) is 36.1. The van der Waals surface area contributed by atoms with Gasteiger partial charge in [0, 0.05) is 51.2 Å². The van der Waals surface area contributed by atoms with Crippen LogP contribution in [0, 0.1) is 6.92 Å². The number of fused-ring (bicyclic) bond motifs is 6. The van der Waals surface area contributed by atoms with E-state index in [1.165, 1.54) is 89.5 Å². The Labute approximate surface area is 414 Å². The quantitative estimate of drug-likeness (QED) is 0.159. The monoisotopic (exact) mass is 906 g/mol. The first-order valence-corrected chi connectivity index (χ1v) is 25.6. The number of aryl methyl sites for hydroxylation is 1. The summed E-state index contributed by atoms with van der Waals surface area (Å²) in [6, 6.07) is 54.3. The second-order valence-electron chi connectivity index (χ2n) is 25.9. The van der Waals surface area contributed by atoms with Crippen molar-refractivity contribution in [3.05, 3.63) is 178 Å². The highest BCUT2D eigenvalue weighted by Crippen LogP contribution is 2.55. The summed E-state index contributed by atoms with van der Waals surface area (Å²) in [4.78, 5) is 7.77. The SMILES string of the molecule is Cc1cc(C(C)(C)C)ccc1N1c2ccc(N(c3ccccc3)c3ccccc3)cc2B2c3cc4c(cc3N(c3ccc5c(c3)C(C)(C)CC5(C)C)c3cc(C(C)(C)C)cc1c32)C(C)(C)CC4(C)C. The van der Waals surface area contributed by atoms with Gasteiger partial charge < -0.3 is 14.7 Å². The number of hydrogen-bond donors (Lipinski definition) is 0. The van der Waals surface area contributed by atoms with Gasteiger partial charge in [0.25, 0.3) is 6.71 Å². The lowest BCUT2D eigenvalue weighted by Gasteiger charge is -2.46. The van der Waals surface area contributed by atoms with Crippen molar-refractivity contribution in [2.45, 2.75) is 149 Å². The van der Waals surface area contributed by atoms with Crippen molar-refractivity contribution in [2.75, 3.05) is 14.7 Å². The molecule has 0 unspecified atom stereocenters. The largest absolute Gasteiger partial charge is 0.311 e. The Kier molecular flexibility index (Phi) is 9.88. The summed E-state index contributed by atoms with van der Waals surface area (Å²) in [5.41, 5.74) is 25.1. The molecular weight excluding hydrogens is 834 g/mol. The van der Waals surface area contributed by atoms with Crippen molar-refractivity contribution in [1.82, 2.24) is 0 Å². The van der Waals surface area contributed by atoms with Crippen LogP contribution in [-0.4, -0.2) is 6.71 Å². The fourth-order valence-corrected chi connectivity index (χ4v) is 13.6. The molecule has 7 aromatic carbocycles. The van der Waals surface area contributed by atoms with Gasteiger partial charge in [0.05, 0.1) is 0 Å². The number of anilines is 9. The molecule has 0 amide bonds. The smallest absolute Gasteiger partial charge is 0.252 e. The summed E-state index contributed by atoms with van der Waals surface area (Å²) in [7, 11) is 0. The van der Waals surface area contributed by atoms with Crippen LogP contribution in [0.25, 0.3) is 0 Å². The van der Waals surface area contributed by atoms with Gasteiger partial charge in [0.2, 0.25) is 0 Å². The lowest BCUT2D eigenvalue weighted by atomic mass is 9.33. The molecular formula is C65H72BN3. The Morgan fingerprint density at radius 2 is 0.928 bits per heavy atom. The minimum atomic E-state index is -0.117. The summed E-state index contributed by atoms with van der Waals surface area (Å²) >= 11 is 0. The molecule has 0 aromatic heterocycles. The molecule has 0 radical (unpaired) electrons. The van der Waals surface area contributed by atoms with Gasteiger partial charge in [-0.25, -0.2) is 0 Å². The average Bonchev–Trinajstić information content (AvgIpc) is 3.59. The summed E-state index contributed by atoms with van der Waals surface area (Å²) < 4.78 is 0. The molecule has 2 aliphatic heterocycles. The van der Waals surface area contributed by atoms with Gasteiger partial charge in [-0.2, -0.15) is 0 Å². The third kappa shape index (κ3) is 7.13. The van der Waals surface area contributed by atoms with E-state index in [0.29, 0.717) is 0 Å². The van der Waals surface area contributed by atoms with Crippen molar-refractivity contribution in [2.24, 2.45) is 0 Å². The van der Waals surface area contributed by atoms with Crippen LogP contribution in [0.3, 0.4) is 0 Å². The van der Waals surface area contributed by atoms with E-state index in [1.807, 2.05) is 0 Å². The van der Waals surface area contributed by atoms with Crippen LogP contribution >= 0.6 is 0 Å². The van der Waals surface area contributed by atoms with Gasteiger partial charge in [-0.1, -0.05) is 158 Å². The van der Waals surface area contributed by atoms with Crippen molar-refractivity contribution in [1.29, 1.82) is 0 Å². The molecule has 69 heavy (non-hydrogen) atoms. The minimum absolute atomic E-state index is 0.0236. The molecule has 7 aromatic rings. The van der Waals surface area contributed by atoms with Gasteiger partial charge in [-0.3, -0.25) is 0 Å². The summed E-state index contributed by atoms with van der Waals surface area (Å²) in [6.07, 6.45) is 2.24. The Balaban J connectivity index is 1.27. The van der Waals surface area contributed by atoms with Crippen LogP contribution in [0.5, 0.6) is 0 Å². The number of para-hydroxylation sites is 2. The second-order valence-corrected chi connectivity index (χ2v) is 25.9. The van der Waals surface area contributed by atoms with Crippen LogP contribution in [0.1, 0.15) is 149 Å². The van der Waals surface area contributed by atoms with Crippen LogP contribution in [0.4, 0.5) is 51.2 Å². The molecule has 4 heteroatoms. The van der Waals surface area contributed by atoms with Crippen LogP contribution in [0.15, 0.2) is 140 Å². The van der Waals surface area contributed by atoms with Gasteiger partial charge in [0.1, 0.15) is 0 Å². The molecule has 0 spiro atoms. The Hall–Kier alpha value is -6.00. The van der Waals surface area contributed by atoms with Crippen LogP contribution < -0.4 is 31.1 Å². The highest BCUT2D eigenvalue weighted by atomic mass is 15.2. The van der Waals surface area contributed by atoms with E-state index in [1.54, 1.807) is 0 Å². The maximum absolute atomic E-state index is 2.70. The van der Waals surface area contributed by atoms with Crippen molar-refractivity contribution >= 4 is 74.3 Å². The molecule has 2 aliphatic carbocycles. The van der Waals surface area contributed by atoms with Gasteiger partial charge in [0.15, 0.2) is 0 Å². The zero-order chi connectivity index (χ0) is 49.0. The predicted molar refractivity (Wildman–Crippen MR) is 299 cm³/mol. The van der Waals surface area contributed by atoms with E-state index in [4.69, 9.17) is 0 Å². The Morgan fingerprint density at radius 3 is 1.49 bits per heavy atom. The molecule has 3 nitrogen and oxygen atoms in total. The fraction of sp³-hybridized carbons (Fsp3) is 0.354. The van der Waals surface area contributed by atoms with Crippen LogP contribution in [0.2, 0.25) is 0 Å². The number of rotatable bonds is 5. The third-order valence-electron chi connectivity index (χ3n) is 16.6. The van der Waals surface area contributed by atoms with E-state index < -0.39 is 0 Å². The molecule has 350 valence electrons. The number of benzene rings is 7. The molecule has 0 saturated heterocycles. The van der Waals surface area contributed by atoms with E-state index >= 15 is 0 Å². The first-order valence-electron chi connectivity index (χ1n) is 25.6. The first kappa shape index (κ1) is 45.4. The minimum Gasteiger partial charge on any atom is -0.311 e. The summed E-state index contributed by atoms with van der Waals surface area (Å²) in [5.74, 6) is 0. The number of hydrogen-bond acceptors (Lipinski definition) is 3. The van der Waals surface area contributed by atoms with Crippen molar-refractivity contribution in [3.8, 4) is 0 Å². The number of nitrogens with zero attached hydrogens (tertiary/aromatic N) is 3. The average molecular weight is 906 g/mol. The zero-order valence-corrected chi connectivity index (χ0v) is 44.1. The maximum atomic E-state index is 2.70. The van der Waals surface area contributed by atoms with Gasteiger partial charge >= 0.3 is 0 Å². The Morgan fingerprint density at radius 1 is 0.420 bits per heavy atom.